The Hall–Kier alpha value is -3.53. The highest BCUT2D eigenvalue weighted by molar-refractivity contribution is 5.59. The first-order valence-electron chi connectivity index (χ1n) is 8.41. The minimum atomic E-state index is -4.48. The highest BCUT2D eigenvalue weighted by Crippen LogP contribution is 2.31. The van der Waals surface area contributed by atoms with E-state index >= 15 is 0 Å². The molecule has 1 N–H and O–H groups in total. The molecule has 0 unspecified atom stereocenters. The molecule has 0 aliphatic carbocycles. The number of nitrogens with zero attached hydrogens (tertiary/aromatic N) is 2. The number of rotatable bonds is 6. The van der Waals surface area contributed by atoms with E-state index in [0.29, 0.717) is 24.6 Å². The van der Waals surface area contributed by atoms with Gasteiger partial charge in [0.15, 0.2) is 0 Å². The molecule has 0 spiro atoms. The minimum absolute atomic E-state index is 0.0498. The second kappa shape index (κ2) is 8.44. The van der Waals surface area contributed by atoms with E-state index in [0.717, 1.165) is 23.3 Å². The Morgan fingerprint density at radius 1 is 1.04 bits per heavy atom. The second-order valence-electron chi connectivity index (χ2n) is 6.02. The zero-order valence-electron chi connectivity index (χ0n) is 14.7. The molecule has 0 aliphatic rings. The fourth-order valence-corrected chi connectivity index (χ4v) is 2.52. The van der Waals surface area contributed by atoms with Gasteiger partial charge in [-0.2, -0.15) is 18.4 Å². The molecule has 0 saturated heterocycles. The van der Waals surface area contributed by atoms with Crippen molar-refractivity contribution in [3.8, 4) is 11.8 Å². The molecule has 4 nitrogen and oxygen atoms in total. The molecule has 3 aromatic rings. The highest BCUT2D eigenvalue weighted by Gasteiger charge is 2.31. The molecule has 0 fully saturated rings. The number of nitriles is 1. The van der Waals surface area contributed by atoms with Crippen LogP contribution in [-0.4, -0.2) is 4.98 Å². The SMILES string of the molecule is N#Cc1cc(C(F)(F)F)ccc1NCc1ccc(OCc2cccnc2)cc1. The van der Waals surface area contributed by atoms with E-state index in [1.165, 1.54) is 6.07 Å². The quantitative estimate of drug-likeness (QED) is 0.639. The van der Waals surface area contributed by atoms with E-state index in [9.17, 15) is 13.2 Å². The zero-order chi connectivity index (χ0) is 20.0. The lowest BCUT2D eigenvalue weighted by Gasteiger charge is -2.12. The molecule has 0 saturated carbocycles. The number of halogens is 3. The third-order valence-corrected chi connectivity index (χ3v) is 4.00. The van der Waals surface area contributed by atoms with Crippen molar-refractivity contribution >= 4 is 5.69 Å². The average Bonchev–Trinajstić information content (AvgIpc) is 2.71. The molecular formula is C21H16F3N3O. The summed E-state index contributed by atoms with van der Waals surface area (Å²) in [6.07, 6.45) is -1.05. The number of anilines is 1. The van der Waals surface area contributed by atoms with Crippen molar-refractivity contribution in [1.29, 1.82) is 5.26 Å². The summed E-state index contributed by atoms with van der Waals surface area (Å²) in [7, 11) is 0. The van der Waals surface area contributed by atoms with Gasteiger partial charge in [-0.3, -0.25) is 4.98 Å². The van der Waals surface area contributed by atoms with Gasteiger partial charge >= 0.3 is 6.18 Å². The Morgan fingerprint density at radius 3 is 2.46 bits per heavy atom. The summed E-state index contributed by atoms with van der Waals surface area (Å²) in [5.41, 5.74) is 1.32. The van der Waals surface area contributed by atoms with Crippen molar-refractivity contribution in [3.05, 3.63) is 89.2 Å². The fraction of sp³-hybridized carbons (Fsp3) is 0.143. The molecule has 0 bridgehead atoms. The van der Waals surface area contributed by atoms with Crippen molar-refractivity contribution < 1.29 is 17.9 Å². The van der Waals surface area contributed by atoms with Crippen LogP contribution in [0, 0.1) is 11.3 Å². The van der Waals surface area contributed by atoms with Gasteiger partial charge in [0.1, 0.15) is 18.4 Å². The fourth-order valence-electron chi connectivity index (χ4n) is 2.52. The topological polar surface area (TPSA) is 57.9 Å². The molecule has 0 amide bonds. The van der Waals surface area contributed by atoms with Crippen molar-refractivity contribution in [1.82, 2.24) is 4.98 Å². The number of hydrogen-bond acceptors (Lipinski definition) is 4. The van der Waals surface area contributed by atoms with Crippen molar-refractivity contribution in [2.45, 2.75) is 19.3 Å². The van der Waals surface area contributed by atoms with Crippen LogP contribution < -0.4 is 10.1 Å². The molecule has 3 rings (SSSR count). The van der Waals surface area contributed by atoms with E-state index in [1.54, 1.807) is 18.5 Å². The van der Waals surface area contributed by atoms with Gasteiger partial charge < -0.3 is 10.1 Å². The molecule has 0 radical (unpaired) electrons. The number of aromatic nitrogens is 1. The standard InChI is InChI=1S/C21H16F3N3O/c22-21(23,24)18-5-8-20(17(10-18)11-25)27-13-15-3-6-19(7-4-15)28-14-16-2-1-9-26-12-16/h1-10,12,27H,13-14H2. The maximum atomic E-state index is 12.8. The summed E-state index contributed by atoms with van der Waals surface area (Å²) < 4.78 is 43.9. The lowest BCUT2D eigenvalue weighted by molar-refractivity contribution is -0.137. The van der Waals surface area contributed by atoms with Crippen molar-refractivity contribution in [2.24, 2.45) is 0 Å². The summed E-state index contributed by atoms with van der Waals surface area (Å²) in [6, 6.07) is 15.9. The van der Waals surface area contributed by atoms with E-state index in [-0.39, 0.29) is 5.56 Å². The van der Waals surface area contributed by atoms with Crippen LogP contribution in [0.5, 0.6) is 5.75 Å². The number of ether oxygens (including phenoxy) is 1. The van der Waals surface area contributed by atoms with Gasteiger partial charge in [-0.1, -0.05) is 18.2 Å². The lowest BCUT2D eigenvalue weighted by atomic mass is 10.1. The zero-order valence-corrected chi connectivity index (χ0v) is 14.7. The van der Waals surface area contributed by atoms with Crippen molar-refractivity contribution in [3.63, 3.8) is 0 Å². The molecule has 7 heteroatoms. The molecule has 1 aromatic heterocycles. The number of pyridine rings is 1. The van der Waals surface area contributed by atoms with Crippen LogP contribution in [0.25, 0.3) is 0 Å². The minimum Gasteiger partial charge on any atom is -0.489 e. The summed E-state index contributed by atoms with van der Waals surface area (Å²) in [4.78, 5) is 4.02. The number of nitrogens with one attached hydrogen (secondary N) is 1. The Kier molecular flexibility index (Phi) is 5.80. The summed E-state index contributed by atoms with van der Waals surface area (Å²) in [5, 5.41) is 12.1. The van der Waals surface area contributed by atoms with Crippen LogP contribution in [-0.2, 0) is 19.3 Å². The van der Waals surface area contributed by atoms with Gasteiger partial charge in [0.05, 0.1) is 16.8 Å². The maximum absolute atomic E-state index is 12.8. The molecule has 1 heterocycles. The summed E-state index contributed by atoms with van der Waals surface area (Å²) in [5.74, 6) is 0.694. The Labute approximate surface area is 160 Å². The van der Waals surface area contributed by atoms with Crippen LogP contribution >= 0.6 is 0 Å². The van der Waals surface area contributed by atoms with Gasteiger partial charge in [0, 0.05) is 24.5 Å². The van der Waals surface area contributed by atoms with Gasteiger partial charge in [-0.25, -0.2) is 0 Å². The Balaban J connectivity index is 1.60. The maximum Gasteiger partial charge on any atom is 0.416 e. The number of alkyl halides is 3. The number of benzene rings is 2. The smallest absolute Gasteiger partial charge is 0.416 e. The highest BCUT2D eigenvalue weighted by atomic mass is 19.4. The van der Waals surface area contributed by atoms with Gasteiger partial charge in [-0.15, -0.1) is 0 Å². The molecule has 0 atom stereocenters. The molecular weight excluding hydrogens is 367 g/mol. The molecule has 28 heavy (non-hydrogen) atoms. The van der Waals surface area contributed by atoms with Crippen LogP contribution in [0.3, 0.4) is 0 Å². The van der Waals surface area contributed by atoms with Crippen LogP contribution in [0.1, 0.15) is 22.3 Å². The summed E-state index contributed by atoms with van der Waals surface area (Å²) in [6.45, 7) is 0.769. The van der Waals surface area contributed by atoms with Gasteiger partial charge in [-0.05, 0) is 42.0 Å². The number of hydrogen-bond donors (Lipinski definition) is 1. The Morgan fingerprint density at radius 2 is 1.82 bits per heavy atom. The third kappa shape index (κ3) is 5.01. The normalized spacial score (nSPS) is 10.9. The van der Waals surface area contributed by atoms with E-state index in [2.05, 4.69) is 10.3 Å². The first-order valence-corrected chi connectivity index (χ1v) is 8.41. The molecule has 0 aliphatic heterocycles. The molecule has 2 aromatic carbocycles. The Bertz CT molecular complexity index is 965. The van der Waals surface area contributed by atoms with Crippen molar-refractivity contribution in [2.75, 3.05) is 5.32 Å². The lowest BCUT2D eigenvalue weighted by Crippen LogP contribution is -2.07. The first kappa shape index (κ1) is 19.2. The third-order valence-electron chi connectivity index (χ3n) is 4.00. The van der Waals surface area contributed by atoms with E-state index < -0.39 is 11.7 Å². The van der Waals surface area contributed by atoms with Crippen LogP contribution in [0.4, 0.5) is 18.9 Å². The van der Waals surface area contributed by atoms with E-state index in [1.807, 2.05) is 36.4 Å². The van der Waals surface area contributed by atoms with Gasteiger partial charge in [0.2, 0.25) is 0 Å². The average molecular weight is 383 g/mol. The monoisotopic (exact) mass is 383 g/mol. The van der Waals surface area contributed by atoms with Crippen LogP contribution in [0.2, 0.25) is 0 Å². The predicted octanol–water partition coefficient (Wildman–Crippen LogP) is 5.16. The summed E-state index contributed by atoms with van der Waals surface area (Å²) >= 11 is 0. The first-order chi connectivity index (χ1) is 13.5. The second-order valence-corrected chi connectivity index (χ2v) is 6.02. The van der Waals surface area contributed by atoms with Crippen LogP contribution in [0.15, 0.2) is 67.0 Å². The predicted molar refractivity (Wildman–Crippen MR) is 98.5 cm³/mol. The largest absolute Gasteiger partial charge is 0.489 e. The van der Waals surface area contributed by atoms with E-state index in [4.69, 9.17) is 10.00 Å². The van der Waals surface area contributed by atoms with Gasteiger partial charge in [0.25, 0.3) is 0 Å². The molecule has 142 valence electrons.